The first-order valence-electron chi connectivity index (χ1n) is 5.15. The number of terminal acetylenes is 1. The number of nitrogens with one attached hydrogen (secondary N) is 1. The Morgan fingerprint density at radius 3 is 3.12 bits per heavy atom. The van der Waals surface area contributed by atoms with Crippen LogP contribution in [0.2, 0.25) is 0 Å². The molecule has 2 aromatic rings. The summed E-state index contributed by atoms with van der Waals surface area (Å²) in [4.78, 5) is 14.3. The standard InChI is InChI=1S/C14H11NO2/c1-2-9-17-14(16)8-7-11-10-15-13-6-4-3-5-12(11)13/h1,3-8,10,15H,9H2/b8-7+. The highest BCUT2D eigenvalue weighted by atomic mass is 16.5. The van der Waals surface area contributed by atoms with Gasteiger partial charge in [0.25, 0.3) is 0 Å². The van der Waals surface area contributed by atoms with Crippen LogP contribution < -0.4 is 0 Å². The first-order chi connectivity index (χ1) is 8.31. The van der Waals surface area contributed by atoms with E-state index in [0.717, 1.165) is 16.5 Å². The summed E-state index contributed by atoms with van der Waals surface area (Å²) in [6.07, 6.45) is 9.90. The Kier molecular flexibility index (Phi) is 3.27. The summed E-state index contributed by atoms with van der Waals surface area (Å²) in [5.74, 6) is 1.80. The second kappa shape index (κ2) is 5.04. The number of carbonyl (C=O) groups is 1. The van der Waals surface area contributed by atoms with E-state index < -0.39 is 5.97 Å². The van der Waals surface area contributed by atoms with Gasteiger partial charge in [-0.1, -0.05) is 24.1 Å². The number of hydrogen-bond acceptors (Lipinski definition) is 2. The molecule has 0 aliphatic rings. The third kappa shape index (κ3) is 2.56. The highest BCUT2D eigenvalue weighted by Gasteiger charge is 2.00. The van der Waals surface area contributed by atoms with Gasteiger partial charge in [-0.2, -0.15) is 0 Å². The Morgan fingerprint density at radius 1 is 1.47 bits per heavy atom. The average molecular weight is 225 g/mol. The number of esters is 1. The summed E-state index contributed by atoms with van der Waals surface area (Å²) < 4.78 is 4.73. The molecule has 3 heteroatoms. The molecule has 84 valence electrons. The van der Waals surface area contributed by atoms with Gasteiger partial charge in [0.1, 0.15) is 0 Å². The van der Waals surface area contributed by atoms with Crippen LogP contribution in [-0.2, 0) is 9.53 Å². The van der Waals surface area contributed by atoms with E-state index in [-0.39, 0.29) is 6.61 Å². The van der Waals surface area contributed by atoms with Crippen molar-refractivity contribution in [2.24, 2.45) is 0 Å². The van der Waals surface area contributed by atoms with Crippen LogP contribution in [0.4, 0.5) is 0 Å². The first-order valence-corrected chi connectivity index (χ1v) is 5.15. The molecule has 0 radical (unpaired) electrons. The summed E-state index contributed by atoms with van der Waals surface area (Å²) in [7, 11) is 0. The maximum absolute atomic E-state index is 11.2. The molecule has 0 bridgehead atoms. The van der Waals surface area contributed by atoms with E-state index in [0.29, 0.717) is 0 Å². The van der Waals surface area contributed by atoms with Crippen LogP contribution in [0.25, 0.3) is 17.0 Å². The summed E-state index contributed by atoms with van der Waals surface area (Å²) in [5, 5.41) is 1.06. The fourth-order valence-electron chi connectivity index (χ4n) is 1.55. The molecule has 0 saturated carbocycles. The molecular formula is C14H11NO2. The van der Waals surface area contributed by atoms with E-state index in [1.165, 1.54) is 6.08 Å². The normalized spacial score (nSPS) is 10.5. The molecule has 3 nitrogen and oxygen atoms in total. The Bertz CT molecular complexity index is 602. The Morgan fingerprint density at radius 2 is 2.29 bits per heavy atom. The van der Waals surface area contributed by atoms with Gasteiger partial charge in [0.2, 0.25) is 0 Å². The minimum atomic E-state index is -0.437. The largest absolute Gasteiger partial charge is 0.449 e. The van der Waals surface area contributed by atoms with Crippen LogP contribution in [0.3, 0.4) is 0 Å². The van der Waals surface area contributed by atoms with E-state index in [4.69, 9.17) is 11.2 Å². The molecule has 17 heavy (non-hydrogen) atoms. The molecule has 0 unspecified atom stereocenters. The number of rotatable bonds is 3. The zero-order valence-corrected chi connectivity index (χ0v) is 9.14. The Labute approximate surface area is 99.1 Å². The predicted octanol–water partition coefficient (Wildman–Crippen LogP) is 2.36. The average Bonchev–Trinajstić information content (AvgIpc) is 2.77. The Balaban J connectivity index is 2.16. The van der Waals surface area contributed by atoms with Crippen molar-refractivity contribution in [1.82, 2.24) is 4.98 Å². The smallest absolute Gasteiger partial charge is 0.331 e. The molecule has 0 aliphatic carbocycles. The molecule has 0 aliphatic heterocycles. The van der Waals surface area contributed by atoms with Crippen LogP contribution >= 0.6 is 0 Å². The van der Waals surface area contributed by atoms with Gasteiger partial charge in [0.05, 0.1) is 0 Å². The summed E-state index contributed by atoms with van der Waals surface area (Å²) in [6.45, 7) is -0.00292. The zero-order valence-electron chi connectivity index (χ0n) is 9.14. The van der Waals surface area contributed by atoms with Crippen molar-refractivity contribution in [2.45, 2.75) is 0 Å². The number of para-hydroxylation sites is 1. The predicted molar refractivity (Wildman–Crippen MR) is 67.1 cm³/mol. The van der Waals surface area contributed by atoms with Crippen molar-refractivity contribution < 1.29 is 9.53 Å². The van der Waals surface area contributed by atoms with E-state index >= 15 is 0 Å². The van der Waals surface area contributed by atoms with Gasteiger partial charge < -0.3 is 9.72 Å². The number of hydrogen-bond donors (Lipinski definition) is 1. The van der Waals surface area contributed by atoms with Gasteiger partial charge in [0.15, 0.2) is 6.61 Å². The van der Waals surface area contributed by atoms with Crippen LogP contribution in [0.1, 0.15) is 5.56 Å². The van der Waals surface area contributed by atoms with Gasteiger partial charge in [-0.25, -0.2) is 4.79 Å². The molecule has 1 heterocycles. The molecule has 1 aromatic heterocycles. The van der Waals surface area contributed by atoms with Gasteiger partial charge in [-0.15, -0.1) is 6.42 Å². The van der Waals surface area contributed by atoms with Crippen molar-refractivity contribution >= 4 is 22.9 Å². The fourth-order valence-corrected chi connectivity index (χ4v) is 1.55. The topological polar surface area (TPSA) is 42.1 Å². The van der Waals surface area contributed by atoms with Gasteiger partial charge >= 0.3 is 5.97 Å². The lowest BCUT2D eigenvalue weighted by molar-refractivity contribution is -0.136. The summed E-state index contributed by atoms with van der Waals surface area (Å²) in [6, 6.07) is 7.86. The van der Waals surface area contributed by atoms with E-state index in [9.17, 15) is 4.79 Å². The lowest BCUT2D eigenvalue weighted by Gasteiger charge is -1.94. The number of ether oxygens (including phenoxy) is 1. The minimum Gasteiger partial charge on any atom is -0.449 e. The molecule has 1 N–H and O–H groups in total. The van der Waals surface area contributed by atoms with Crippen LogP contribution in [-0.4, -0.2) is 17.6 Å². The third-order valence-corrected chi connectivity index (χ3v) is 2.32. The molecule has 2 rings (SSSR count). The second-order valence-corrected chi connectivity index (χ2v) is 3.43. The highest BCUT2D eigenvalue weighted by Crippen LogP contribution is 2.18. The molecule has 1 aromatic carbocycles. The number of aromatic amines is 1. The highest BCUT2D eigenvalue weighted by molar-refractivity contribution is 5.93. The van der Waals surface area contributed by atoms with Crippen LogP contribution in [0.15, 0.2) is 36.5 Å². The summed E-state index contributed by atoms with van der Waals surface area (Å²) >= 11 is 0. The zero-order chi connectivity index (χ0) is 12.1. The summed E-state index contributed by atoms with van der Waals surface area (Å²) in [5.41, 5.74) is 1.97. The molecule has 0 fully saturated rings. The number of benzene rings is 1. The quantitative estimate of drug-likeness (QED) is 0.495. The minimum absolute atomic E-state index is 0.00292. The number of aromatic nitrogens is 1. The monoisotopic (exact) mass is 225 g/mol. The number of fused-ring (bicyclic) bond motifs is 1. The van der Waals surface area contributed by atoms with Crippen molar-refractivity contribution in [3.8, 4) is 12.3 Å². The van der Waals surface area contributed by atoms with Crippen molar-refractivity contribution in [3.05, 3.63) is 42.1 Å². The second-order valence-electron chi connectivity index (χ2n) is 3.43. The van der Waals surface area contributed by atoms with Crippen LogP contribution in [0.5, 0.6) is 0 Å². The Hall–Kier alpha value is -2.47. The van der Waals surface area contributed by atoms with E-state index in [2.05, 4.69) is 10.9 Å². The first kappa shape index (κ1) is 11.0. The lowest BCUT2D eigenvalue weighted by atomic mass is 10.1. The molecule has 0 amide bonds. The lowest BCUT2D eigenvalue weighted by Crippen LogP contribution is -1.99. The SMILES string of the molecule is C#CCOC(=O)/C=C/c1c[nH]c2ccccc12. The van der Waals surface area contributed by atoms with Crippen molar-refractivity contribution in [3.63, 3.8) is 0 Å². The van der Waals surface area contributed by atoms with Crippen molar-refractivity contribution in [2.75, 3.05) is 6.61 Å². The number of carbonyl (C=O) groups excluding carboxylic acids is 1. The third-order valence-electron chi connectivity index (χ3n) is 2.32. The fraction of sp³-hybridized carbons (Fsp3) is 0.0714. The maximum atomic E-state index is 11.2. The molecular weight excluding hydrogens is 214 g/mol. The van der Waals surface area contributed by atoms with E-state index in [1.54, 1.807) is 6.08 Å². The van der Waals surface area contributed by atoms with Crippen LogP contribution in [0, 0.1) is 12.3 Å². The molecule has 0 saturated heterocycles. The van der Waals surface area contributed by atoms with Gasteiger partial charge in [-0.3, -0.25) is 0 Å². The van der Waals surface area contributed by atoms with Crippen molar-refractivity contribution in [1.29, 1.82) is 0 Å². The maximum Gasteiger partial charge on any atom is 0.331 e. The molecule has 0 atom stereocenters. The molecule has 0 spiro atoms. The van der Waals surface area contributed by atoms with E-state index in [1.807, 2.05) is 30.5 Å². The van der Waals surface area contributed by atoms with Gasteiger partial charge in [-0.05, 0) is 12.1 Å². The number of H-pyrrole nitrogens is 1. The van der Waals surface area contributed by atoms with Gasteiger partial charge in [0, 0.05) is 28.7 Å².